The SMILES string of the molecule is Cc1onc(-c2ccccn2)c1N(C)c1cc(C(=O)O)n(C)n1. The van der Waals surface area contributed by atoms with Gasteiger partial charge >= 0.3 is 5.97 Å². The molecule has 0 aliphatic rings. The number of nitrogens with zero attached hydrogens (tertiary/aromatic N) is 5. The number of hydrogen-bond donors (Lipinski definition) is 1. The standard InChI is InChI=1S/C15H15N5O3/c1-9-14(13(18-23-9)10-6-4-5-7-16-10)19(2)12-8-11(15(21)22)20(3)17-12/h4-8H,1-3H3,(H,21,22). The number of hydrogen-bond acceptors (Lipinski definition) is 6. The Bertz CT molecular complexity index is 853. The van der Waals surface area contributed by atoms with Crippen LogP contribution in [-0.4, -0.2) is 38.0 Å². The number of carbonyl (C=O) groups is 1. The summed E-state index contributed by atoms with van der Waals surface area (Å²) in [4.78, 5) is 17.2. The number of anilines is 2. The summed E-state index contributed by atoms with van der Waals surface area (Å²) >= 11 is 0. The monoisotopic (exact) mass is 313 g/mol. The first-order valence-electron chi connectivity index (χ1n) is 6.87. The summed E-state index contributed by atoms with van der Waals surface area (Å²) in [6, 6.07) is 7.00. The second kappa shape index (κ2) is 5.56. The normalized spacial score (nSPS) is 10.7. The molecule has 3 rings (SSSR count). The van der Waals surface area contributed by atoms with Crippen LogP contribution in [0, 0.1) is 6.92 Å². The third-order valence-corrected chi connectivity index (χ3v) is 3.50. The molecule has 3 aromatic rings. The van der Waals surface area contributed by atoms with Crippen molar-refractivity contribution in [3.05, 3.63) is 41.9 Å². The van der Waals surface area contributed by atoms with Gasteiger partial charge in [0, 0.05) is 26.4 Å². The molecule has 0 bridgehead atoms. The fourth-order valence-electron chi connectivity index (χ4n) is 2.36. The maximum Gasteiger partial charge on any atom is 0.354 e. The van der Waals surface area contributed by atoms with Crippen LogP contribution < -0.4 is 4.90 Å². The van der Waals surface area contributed by atoms with Gasteiger partial charge in [0.05, 0.1) is 5.69 Å². The fraction of sp³-hybridized carbons (Fsp3) is 0.200. The van der Waals surface area contributed by atoms with Crippen LogP contribution in [0.2, 0.25) is 0 Å². The van der Waals surface area contributed by atoms with Gasteiger partial charge in [-0.25, -0.2) is 4.79 Å². The van der Waals surface area contributed by atoms with Gasteiger partial charge in [0.25, 0.3) is 0 Å². The third-order valence-electron chi connectivity index (χ3n) is 3.50. The molecular weight excluding hydrogens is 298 g/mol. The predicted octanol–water partition coefficient (Wildman–Crippen LogP) is 2.24. The van der Waals surface area contributed by atoms with Crippen LogP contribution in [0.4, 0.5) is 11.5 Å². The van der Waals surface area contributed by atoms with Crippen molar-refractivity contribution in [1.29, 1.82) is 0 Å². The minimum absolute atomic E-state index is 0.0975. The molecule has 8 nitrogen and oxygen atoms in total. The number of carboxylic acids is 1. The molecule has 23 heavy (non-hydrogen) atoms. The summed E-state index contributed by atoms with van der Waals surface area (Å²) in [6.07, 6.45) is 1.67. The van der Waals surface area contributed by atoms with E-state index in [-0.39, 0.29) is 5.69 Å². The Morgan fingerprint density at radius 2 is 2.17 bits per heavy atom. The number of rotatable bonds is 4. The van der Waals surface area contributed by atoms with E-state index in [0.29, 0.717) is 28.7 Å². The number of aryl methyl sites for hydroxylation is 2. The van der Waals surface area contributed by atoms with Gasteiger partial charge in [-0.3, -0.25) is 9.67 Å². The van der Waals surface area contributed by atoms with E-state index in [1.54, 1.807) is 32.1 Å². The summed E-state index contributed by atoms with van der Waals surface area (Å²) in [5, 5.41) is 17.5. The van der Waals surface area contributed by atoms with Crippen molar-refractivity contribution in [2.75, 3.05) is 11.9 Å². The first kappa shape index (κ1) is 14.8. The average Bonchev–Trinajstić information content (AvgIpc) is 3.11. The van der Waals surface area contributed by atoms with Gasteiger partial charge in [-0.2, -0.15) is 5.10 Å². The van der Waals surface area contributed by atoms with Gasteiger partial charge in [0.1, 0.15) is 11.4 Å². The highest BCUT2D eigenvalue weighted by atomic mass is 16.5. The zero-order valence-electron chi connectivity index (χ0n) is 12.9. The van der Waals surface area contributed by atoms with Crippen molar-refractivity contribution in [3.8, 4) is 11.4 Å². The van der Waals surface area contributed by atoms with Crippen molar-refractivity contribution >= 4 is 17.5 Å². The molecule has 3 aromatic heterocycles. The zero-order valence-corrected chi connectivity index (χ0v) is 12.9. The highest BCUT2D eigenvalue weighted by Crippen LogP contribution is 2.35. The Kier molecular flexibility index (Phi) is 3.57. The fourth-order valence-corrected chi connectivity index (χ4v) is 2.36. The first-order chi connectivity index (χ1) is 11.0. The van der Waals surface area contributed by atoms with Crippen LogP contribution >= 0.6 is 0 Å². The Labute approximate surface area is 132 Å². The molecule has 0 aromatic carbocycles. The molecule has 0 saturated heterocycles. The van der Waals surface area contributed by atoms with Crippen LogP contribution in [0.1, 0.15) is 16.2 Å². The van der Waals surface area contributed by atoms with Crippen molar-refractivity contribution in [1.82, 2.24) is 19.9 Å². The van der Waals surface area contributed by atoms with Gasteiger partial charge in [-0.1, -0.05) is 11.2 Å². The molecule has 8 heteroatoms. The number of pyridine rings is 1. The maximum absolute atomic E-state index is 11.2. The van der Waals surface area contributed by atoms with Crippen LogP contribution in [0.3, 0.4) is 0 Å². The molecule has 0 radical (unpaired) electrons. The summed E-state index contributed by atoms with van der Waals surface area (Å²) in [5.74, 6) is 0.0377. The van der Waals surface area contributed by atoms with E-state index in [0.717, 1.165) is 0 Å². The molecule has 0 unspecified atom stereocenters. The Morgan fingerprint density at radius 1 is 1.39 bits per heavy atom. The van der Waals surface area contributed by atoms with E-state index in [4.69, 9.17) is 9.63 Å². The van der Waals surface area contributed by atoms with E-state index in [1.807, 2.05) is 18.2 Å². The molecule has 0 aliphatic carbocycles. The molecule has 0 amide bonds. The lowest BCUT2D eigenvalue weighted by atomic mass is 10.2. The molecule has 3 heterocycles. The minimum atomic E-state index is -1.04. The van der Waals surface area contributed by atoms with Crippen LogP contribution in [-0.2, 0) is 7.05 Å². The quantitative estimate of drug-likeness (QED) is 0.788. The lowest BCUT2D eigenvalue weighted by molar-refractivity contribution is 0.0685. The van der Waals surface area contributed by atoms with Gasteiger partial charge in [0.2, 0.25) is 0 Å². The van der Waals surface area contributed by atoms with Gasteiger partial charge in [-0.05, 0) is 19.1 Å². The molecular formula is C15H15N5O3. The van der Waals surface area contributed by atoms with Gasteiger partial charge < -0.3 is 14.5 Å². The summed E-state index contributed by atoms with van der Waals surface area (Å²) in [5.41, 5.74) is 2.03. The smallest absolute Gasteiger partial charge is 0.354 e. The van der Waals surface area contributed by atoms with Gasteiger partial charge in [-0.15, -0.1) is 0 Å². The number of aromatic nitrogens is 4. The molecule has 0 spiro atoms. The summed E-state index contributed by atoms with van der Waals surface area (Å²) in [6.45, 7) is 1.78. The largest absolute Gasteiger partial charge is 0.477 e. The molecule has 0 fully saturated rings. The highest BCUT2D eigenvalue weighted by molar-refractivity contribution is 5.87. The highest BCUT2D eigenvalue weighted by Gasteiger charge is 2.23. The third kappa shape index (κ3) is 2.54. The average molecular weight is 313 g/mol. The second-order valence-corrected chi connectivity index (χ2v) is 5.03. The van der Waals surface area contributed by atoms with E-state index in [1.165, 1.54) is 10.7 Å². The topological polar surface area (TPSA) is 97.3 Å². The van der Waals surface area contributed by atoms with Crippen molar-refractivity contribution in [2.45, 2.75) is 6.92 Å². The van der Waals surface area contributed by atoms with Crippen molar-refractivity contribution < 1.29 is 14.4 Å². The first-order valence-corrected chi connectivity index (χ1v) is 6.87. The zero-order chi connectivity index (χ0) is 16.6. The number of aromatic carboxylic acids is 1. The Morgan fingerprint density at radius 3 is 2.78 bits per heavy atom. The Balaban J connectivity index is 2.07. The molecule has 0 saturated carbocycles. The summed E-state index contributed by atoms with van der Waals surface area (Å²) in [7, 11) is 3.36. The number of carboxylic acid groups (broad SMARTS) is 1. The minimum Gasteiger partial charge on any atom is -0.477 e. The maximum atomic E-state index is 11.2. The van der Waals surface area contributed by atoms with Crippen LogP contribution in [0.5, 0.6) is 0 Å². The molecule has 118 valence electrons. The molecule has 1 N–H and O–H groups in total. The van der Waals surface area contributed by atoms with E-state index in [2.05, 4.69) is 15.2 Å². The molecule has 0 aliphatic heterocycles. The molecule has 0 atom stereocenters. The summed E-state index contributed by atoms with van der Waals surface area (Å²) < 4.78 is 6.61. The van der Waals surface area contributed by atoms with Crippen molar-refractivity contribution in [3.63, 3.8) is 0 Å². The van der Waals surface area contributed by atoms with Crippen molar-refractivity contribution in [2.24, 2.45) is 7.05 Å². The lowest BCUT2D eigenvalue weighted by Crippen LogP contribution is -2.12. The Hall–Kier alpha value is -3.16. The van der Waals surface area contributed by atoms with E-state index >= 15 is 0 Å². The predicted molar refractivity (Wildman–Crippen MR) is 82.7 cm³/mol. The van der Waals surface area contributed by atoms with E-state index < -0.39 is 5.97 Å². The van der Waals surface area contributed by atoms with Crippen LogP contribution in [0.25, 0.3) is 11.4 Å². The lowest BCUT2D eigenvalue weighted by Gasteiger charge is -2.15. The second-order valence-electron chi connectivity index (χ2n) is 5.03. The van der Waals surface area contributed by atoms with E-state index in [9.17, 15) is 4.79 Å². The van der Waals surface area contributed by atoms with Crippen LogP contribution in [0.15, 0.2) is 35.0 Å². The van der Waals surface area contributed by atoms with Gasteiger partial charge in [0.15, 0.2) is 17.3 Å².